The van der Waals surface area contributed by atoms with Crippen molar-refractivity contribution in [3.8, 4) is 11.3 Å². The highest BCUT2D eigenvalue weighted by molar-refractivity contribution is 5.82. The summed E-state index contributed by atoms with van der Waals surface area (Å²) in [4.78, 5) is 16.4. The first-order valence-electron chi connectivity index (χ1n) is 10.1. The van der Waals surface area contributed by atoms with E-state index in [1.165, 1.54) is 0 Å². The summed E-state index contributed by atoms with van der Waals surface area (Å²) in [6, 6.07) is 4.79. The smallest absolute Gasteiger partial charge is 0.228 e. The molecule has 0 aliphatic heterocycles. The Hall–Kier alpha value is -4.02. The van der Waals surface area contributed by atoms with Crippen LogP contribution in [0.5, 0.6) is 0 Å². The lowest BCUT2D eigenvalue weighted by atomic mass is 9.94. The summed E-state index contributed by atoms with van der Waals surface area (Å²) in [5.74, 6) is -0.907. The minimum absolute atomic E-state index is 0.124. The maximum atomic E-state index is 13.8. The molecule has 1 aliphatic carbocycles. The van der Waals surface area contributed by atoms with E-state index in [0.29, 0.717) is 16.9 Å². The third kappa shape index (κ3) is 4.09. The van der Waals surface area contributed by atoms with E-state index in [1.54, 1.807) is 23.1 Å². The molecule has 3 N–H and O–H groups in total. The van der Waals surface area contributed by atoms with Crippen molar-refractivity contribution in [1.29, 1.82) is 5.41 Å². The van der Waals surface area contributed by atoms with Crippen LogP contribution in [0, 0.1) is 17.0 Å². The van der Waals surface area contributed by atoms with Crippen LogP contribution in [-0.4, -0.2) is 41.3 Å². The van der Waals surface area contributed by atoms with Crippen molar-refractivity contribution in [2.45, 2.75) is 31.7 Å². The quantitative estimate of drug-likeness (QED) is 0.434. The van der Waals surface area contributed by atoms with Crippen molar-refractivity contribution in [2.24, 2.45) is 0 Å². The number of imidazole rings is 1. The molecular weight excluding hydrogens is 416 g/mol. The van der Waals surface area contributed by atoms with E-state index in [2.05, 4.69) is 35.7 Å². The summed E-state index contributed by atoms with van der Waals surface area (Å²) in [6.07, 6.45) is 9.18. The van der Waals surface area contributed by atoms with Gasteiger partial charge in [-0.2, -0.15) is 0 Å². The molecule has 0 unspecified atom stereocenters. The summed E-state index contributed by atoms with van der Waals surface area (Å²) in [5, 5.41) is 18.5. The molecule has 32 heavy (non-hydrogen) atoms. The lowest BCUT2D eigenvalue weighted by molar-refractivity contribution is 0.576. The van der Waals surface area contributed by atoms with Gasteiger partial charge in [-0.15, -0.1) is 5.10 Å². The molecule has 5 rings (SSSR count). The predicted octanol–water partition coefficient (Wildman–Crippen LogP) is 3.98. The summed E-state index contributed by atoms with van der Waals surface area (Å²) in [6.45, 7) is 0. The van der Waals surface area contributed by atoms with Crippen molar-refractivity contribution in [3.63, 3.8) is 0 Å². The molecule has 4 heterocycles. The van der Waals surface area contributed by atoms with Crippen LogP contribution in [0.3, 0.4) is 0 Å². The zero-order chi connectivity index (χ0) is 22.1. The SMILES string of the molecule is N=C1CCC(Nc2ccc3ncc(-c4cnc(Nc5ncc(F)cc5F)nc4)n3n2)CC1. The van der Waals surface area contributed by atoms with Gasteiger partial charge >= 0.3 is 0 Å². The second-order valence-electron chi connectivity index (χ2n) is 7.56. The summed E-state index contributed by atoms with van der Waals surface area (Å²) in [5.41, 5.74) is 2.85. The Kier molecular flexibility index (Phi) is 5.13. The fourth-order valence-corrected chi connectivity index (χ4v) is 3.60. The molecule has 0 radical (unpaired) electrons. The van der Waals surface area contributed by atoms with Gasteiger partial charge in [0.15, 0.2) is 17.3 Å². The predicted molar refractivity (Wildman–Crippen MR) is 115 cm³/mol. The maximum Gasteiger partial charge on any atom is 0.228 e. The minimum Gasteiger partial charge on any atom is -0.366 e. The number of anilines is 3. The monoisotopic (exact) mass is 435 g/mol. The van der Waals surface area contributed by atoms with Gasteiger partial charge in [0.25, 0.3) is 0 Å². The molecule has 11 heteroatoms. The second-order valence-corrected chi connectivity index (χ2v) is 7.56. The van der Waals surface area contributed by atoms with Gasteiger partial charge < -0.3 is 16.0 Å². The van der Waals surface area contributed by atoms with Crippen LogP contribution in [0.25, 0.3) is 16.9 Å². The van der Waals surface area contributed by atoms with Crippen LogP contribution in [0.4, 0.5) is 26.4 Å². The Balaban J connectivity index is 1.36. The van der Waals surface area contributed by atoms with Crippen molar-refractivity contribution >= 4 is 28.9 Å². The fraction of sp³-hybridized carbons (Fsp3) is 0.238. The first-order valence-corrected chi connectivity index (χ1v) is 10.1. The Bertz CT molecular complexity index is 1280. The summed E-state index contributed by atoms with van der Waals surface area (Å²) < 4.78 is 28.5. The van der Waals surface area contributed by atoms with Crippen LogP contribution in [-0.2, 0) is 0 Å². The Morgan fingerprint density at radius 3 is 2.50 bits per heavy atom. The van der Waals surface area contributed by atoms with Gasteiger partial charge in [0.1, 0.15) is 11.6 Å². The molecule has 0 aromatic carbocycles. The molecule has 4 aromatic rings. The minimum atomic E-state index is -0.835. The molecule has 1 aliphatic rings. The highest BCUT2D eigenvalue weighted by Gasteiger charge is 2.17. The topological polar surface area (TPSA) is 117 Å². The highest BCUT2D eigenvalue weighted by Crippen LogP contribution is 2.23. The van der Waals surface area contributed by atoms with Gasteiger partial charge in [-0.3, -0.25) is 0 Å². The van der Waals surface area contributed by atoms with E-state index in [0.717, 1.165) is 49.5 Å². The molecule has 9 nitrogen and oxygen atoms in total. The second kappa shape index (κ2) is 8.25. The number of halogens is 2. The molecule has 0 spiro atoms. The van der Waals surface area contributed by atoms with Crippen molar-refractivity contribution < 1.29 is 8.78 Å². The molecule has 0 atom stereocenters. The molecule has 0 amide bonds. The number of fused-ring (bicyclic) bond motifs is 1. The van der Waals surface area contributed by atoms with Crippen LogP contribution in [0.1, 0.15) is 25.7 Å². The number of nitrogens with one attached hydrogen (secondary N) is 3. The number of rotatable bonds is 5. The number of nitrogens with zero attached hydrogens (tertiary/aromatic N) is 6. The van der Waals surface area contributed by atoms with Gasteiger partial charge in [-0.25, -0.2) is 33.2 Å². The largest absolute Gasteiger partial charge is 0.366 e. The normalized spacial score (nSPS) is 16.3. The lowest BCUT2D eigenvalue weighted by Crippen LogP contribution is -2.26. The number of aromatic nitrogens is 6. The third-order valence-corrected chi connectivity index (χ3v) is 5.29. The molecular formula is C21H19F2N9. The molecule has 1 saturated carbocycles. The first kappa shape index (κ1) is 19.9. The first-order chi connectivity index (χ1) is 15.5. The summed E-state index contributed by atoms with van der Waals surface area (Å²) >= 11 is 0. The van der Waals surface area contributed by atoms with Gasteiger partial charge in [0, 0.05) is 35.8 Å². The molecule has 162 valence electrons. The maximum absolute atomic E-state index is 13.8. The summed E-state index contributed by atoms with van der Waals surface area (Å²) in [7, 11) is 0. The Morgan fingerprint density at radius 1 is 0.969 bits per heavy atom. The average molecular weight is 435 g/mol. The van der Waals surface area contributed by atoms with E-state index in [-0.39, 0.29) is 17.8 Å². The van der Waals surface area contributed by atoms with E-state index in [9.17, 15) is 8.78 Å². The van der Waals surface area contributed by atoms with Crippen LogP contribution < -0.4 is 10.6 Å². The highest BCUT2D eigenvalue weighted by atomic mass is 19.1. The van der Waals surface area contributed by atoms with Crippen molar-refractivity contribution in [1.82, 2.24) is 29.5 Å². The Morgan fingerprint density at radius 2 is 1.75 bits per heavy atom. The molecule has 0 bridgehead atoms. The van der Waals surface area contributed by atoms with Crippen LogP contribution >= 0.6 is 0 Å². The van der Waals surface area contributed by atoms with E-state index < -0.39 is 11.6 Å². The number of hydrogen-bond acceptors (Lipinski definition) is 8. The van der Waals surface area contributed by atoms with Gasteiger partial charge in [-0.1, -0.05) is 0 Å². The van der Waals surface area contributed by atoms with Gasteiger partial charge in [0.2, 0.25) is 5.95 Å². The van der Waals surface area contributed by atoms with Crippen LogP contribution in [0.2, 0.25) is 0 Å². The van der Waals surface area contributed by atoms with Crippen molar-refractivity contribution in [3.05, 3.63) is 54.6 Å². The number of pyridine rings is 1. The number of hydrogen-bond donors (Lipinski definition) is 3. The van der Waals surface area contributed by atoms with Crippen molar-refractivity contribution in [2.75, 3.05) is 10.6 Å². The average Bonchev–Trinajstić information content (AvgIpc) is 3.21. The zero-order valence-electron chi connectivity index (χ0n) is 16.9. The fourth-order valence-electron chi connectivity index (χ4n) is 3.60. The van der Waals surface area contributed by atoms with Crippen LogP contribution in [0.15, 0.2) is 43.0 Å². The molecule has 0 saturated heterocycles. The third-order valence-electron chi connectivity index (χ3n) is 5.29. The van der Waals surface area contributed by atoms with E-state index in [4.69, 9.17) is 5.41 Å². The Labute approximate surface area is 181 Å². The van der Waals surface area contributed by atoms with E-state index >= 15 is 0 Å². The standard InChI is InChI=1S/C21H19F2N9/c22-13-7-16(23)20(26-10-13)30-21-27-8-12(9-28-21)17-11-25-19-6-5-18(31-32(17)19)29-15-3-1-14(24)2-4-15/h5-11,15,24H,1-4H2,(H,29,31)(H,26,27,28,30). The molecule has 1 fully saturated rings. The van der Waals surface area contributed by atoms with Gasteiger partial charge in [0.05, 0.1) is 18.1 Å². The molecule has 4 aromatic heterocycles. The lowest BCUT2D eigenvalue weighted by Gasteiger charge is -2.23. The van der Waals surface area contributed by atoms with E-state index in [1.807, 2.05) is 12.1 Å². The van der Waals surface area contributed by atoms with Gasteiger partial charge in [-0.05, 0) is 37.8 Å². The zero-order valence-corrected chi connectivity index (χ0v) is 16.9.